The molecule has 14 heteroatoms. The summed E-state index contributed by atoms with van der Waals surface area (Å²) in [5, 5.41) is 17.1. The van der Waals surface area contributed by atoms with E-state index < -0.39 is 17.6 Å². The fraction of sp³-hybridized carbons (Fsp3) is 0.500. The molecule has 0 aromatic carbocycles. The van der Waals surface area contributed by atoms with Gasteiger partial charge in [-0.3, -0.25) is 9.69 Å². The Hall–Kier alpha value is -3.50. The molecule has 10 nitrogen and oxygen atoms in total. The zero-order valence-electron chi connectivity index (χ0n) is 21.2. The van der Waals surface area contributed by atoms with E-state index in [1.54, 1.807) is 26.0 Å². The Kier molecular flexibility index (Phi) is 9.11. The number of carbonyl (C=O) groups excluding carboxylic acids is 1. The van der Waals surface area contributed by atoms with E-state index in [0.717, 1.165) is 32.0 Å². The average Bonchev–Trinajstić information content (AvgIpc) is 3.24. The van der Waals surface area contributed by atoms with Gasteiger partial charge in [0.2, 0.25) is 11.8 Å². The molecule has 0 atom stereocenters. The highest BCUT2D eigenvalue weighted by Crippen LogP contribution is 2.38. The number of rotatable bonds is 7. The second kappa shape index (κ2) is 11.9. The van der Waals surface area contributed by atoms with Crippen LogP contribution in [0.25, 0.3) is 22.3 Å². The van der Waals surface area contributed by atoms with Crippen molar-refractivity contribution in [2.45, 2.75) is 25.4 Å². The summed E-state index contributed by atoms with van der Waals surface area (Å²) < 4.78 is 48.6. The number of alkyl halides is 3. The molecule has 1 aliphatic rings. The average molecular weight is 553 g/mol. The zero-order chi connectivity index (χ0) is 26.7. The van der Waals surface area contributed by atoms with Gasteiger partial charge in [-0.1, -0.05) is 5.21 Å². The number of likely N-dealkylation sites (N-methyl/N-ethyl adjacent to an activating group) is 1. The summed E-state index contributed by atoms with van der Waals surface area (Å²) in [6.07, 6.45) is -1.15. The van der Waals surface area contributed by atoms with E-state index in [-0.39, 0.29) is 47.4 Å². The highest BCUT2D eigenvalue weighted by Gasteiger charge is 2.36. The van der Waals surface area contributed by atoms with Gasteiger partial charge in [-0.2, -0.15) is 18.4 Å². The number of nitrogens with zero attached hydrogens (tertiary/aromatic N) is 8. The molecule has 1 fully saturated rings. The van der Waals surface area contributed by atoms with Crippen molar-refractivity contribution in [3.05, 3.63) is 29.6 Å². The third-order valence-electron chi connectivity index (χ3n) is 6.49. The number of aromatic nitrogens is 5. The third kappa shape index (κ3) is 6.49. The molecule has 3 aromatic heterocycles. The predicted molar refractivity (Wildman–Crippen MR) is 134 cm³/mol. The Bertz CT molecular complexity index is 1330. The van der Waals surface area contributed by atoms with E-state index in [1.165, 1.54) is 16.9 Å². The lowest BCUT2D eigenvalue weighted by Gasteiger charge is -2.32. The number of aryl methyl sites for hydroxylation is 1. The number of carbonyl (C=O) groups is 1. The Morgan fingerprint density at radius 3 is 2.61 bits per heavy atom. The number of amides is 1. The van der Waals surface area contributed by atoms with Crippen LogP contribution in [0.5, 0.6) is 5.88 Å². The summed E-state index contributed by atoms with van der Waals surface area (Å²) in [6, 6.07) is 4.36. The molecule has 0 radical (unpaired) electrons. The first-order valence-electron chi connectivity index (χ1n) is 11.8. The molecule has 4 rings (SSSR count). The third-order valence-corrected chi connectivity index (χ3v) is 6.49. The minimum absolute atomic E-state index is 0. The monoisotopic (exact) mass is 552 g/mol. The van der Waals surface area contributed by atoms with Gasteiger partial charge in [0.1, 0.15) is 17.1 Å². The number of piperidine rings is 1. The van der Waals surface area contributed by atoms with Crippen LogP contribution in [-0.4, -0.2) is 81.0 Å². The van der Waals surface area contributed by atoms with Gasteiger partial charge >= 0.3 is 6.18 Å². The van der Waals surface area contributed by atoms with Crippen molar-refractivity contribution in [2.75, 3.05) is 40.3 Å². The Labute approximate surface area is 223 Å². The van der Waals surface area contributed by atoms with E-state index in [1.807, 2.05) is 6.07 Å². The summed E-state index contributed by atoms with van der Waals surface area (Å²) in [7, 11) is 5.06. The van der Waals surface area contributed by atoms with Gasteiger partial charge in [-0.25, -0.2) is 14.6 Å². The van der Waals surface area contributed by atoms with E-state index >= 15 is 0 Å². The maximum Gasteiger partial charge on any atom is 0.421 e. The molecule has 0 spiro atoms. The molecular weight excluding hydrogens is 525 g/mol. The smallest absolute Gasteiger partial charge is 0.421 e. The van der Waals surface area contributed by atoms with Crippen LogP contribution >= 0.6 is 12.4 Å². The van der Waals surface area contributed by atoms with Crippen molar-refractivity contribution < 1.29 is 22.7 Å². The van der Waals surface area contributed by atoms with E-state index in [9.17, 15) is 23.2 Å². The van der Waals surface area contributed by atoms with Crippen LogP contribution in [0.15, 0.2) is 18.3 Å². The molecule has 0 aliphatic carbocycles. The highest BCUT2D eigenvalue weighted by atomic mass is 35.5. The Morgan fingerprint density at radius 1 is 1.26 bits per heavy atom. The summed E-state index contributed by atoms with van der Waals surface area (Å²) in [6.45, 7) is 1.99. The number of pyridine rings is 2. The minimum Gasteiger partial charge on any atom is -0.477 e. The molecule has 1 amide bonds. The van der Waals surface area contributed by atoms with Crippen molar-refractivity contribution in [3.63, 3.8) is 0 Å². The van der Waals surface area contributed by atoms with Crippen molar-refractivity contribution in [2.24, 2.45) is 13.0 Å². The van der Waals surface area contributed by atoms with Gasteiger partial charge in [0, 0.05) is 32.9 Å². The molecule has 4 heterocycles. The summed E-state index contributed by atoms with van der Waals surface area (Å²) in [5.74, 6) is -0.145. The number of nitriles is 1. The summed E-state index contributed by atoms with van der Waals surface area (Å²) in [5.41, 5.74) is -0.0602. The molecule has 0 N–H and O–H groups in total. The lowest BCUT2D eigenvalue weighted by Crippen LogP contribution is -2.41. The fourth-order valence-corrected chi connectivity index (χ4v) is 4.25. The molecule has 3 aromatic rings. The number of hydrogen-bond donors (Lipinski definition) is 0. The lowest BCUT2D eigenvalue weighted by atomic mass is 9.94. The van der Waals surface area contributed by atoms with Crippen molar-refractivity contribution in [1.82, 2.24) is 34.8 Å². The Balaban J connectivity index is 0.00000400. The second-order valence-corrected chi connectivity index (χ2v) is 9.27. The number of hydrogen-bond acceptors (Lipinski definition) is 8. The molecule has 0 unspecified atom stereocenters. The van der Waals surface area contributed by atoms with Gasteiger partial charge in [0.05, 0.1) is 24.4 Å². The molecule has 38 heavy (non-hydrogen) atoms. The summed E-state index contributed by atoms with van der Waals surface area (Å²) >= 11 is 0. The van der Waals surface area contributed by atoms with Crippen LogP contribution in [0.4, 0.5) is 13.2 Å². The molecule has 1 aliphatic heterocycles. The van der Waals surface area contributed by atoms with Gasteiger partial charge in [0.15, 0.2) is 5.69 Å². The van der Waals surface area contributed by atoms with Crippen LogP contribution < -0.4 is 4.74 Å². The van der Waals surface area contributed by atoms with Gasteiger partial charge in [-0.15, -0.1) is 17.5 Å². The number of halogens is 4. The predicted octanol–water partition coefficient (Wildman–Crippen LogP) is 3.31. The van der Waals surface area contributed by atoms with Gasteiger partial charge in [0.25, 0.3) is 0 Å². The molecule has 0 bridgehead atoms. The van der Waals surface area contributed by atoms with Crippen LogP contribution in [0.1, 0.15) is 30.5 Å². The van der Waals surface area contributed by atoms with Crippen LogP contribution in [0.2, 0.25) is 0 Å². The second-order valence-electron chi connectivity index (χ2n) is 9.27. The van der Waals surface area contributed by atoms with Crippen molar-refractivity contribution in [3.8, 4) is 23.2 Å². The lowest BCUT2D eigenvalue weighted by molar-refractivity contribution is -0.139. The topological polar surface area (TPSA) is 113 Å². The first-order valence-corrected chi connectivity index (χ1v) is 11.8. The molecule has 204 valence electrons. The molecule has 0 saturated carbocycles. The maximum absolute atomic E-state index is 13.9. The molecular formula is C24H28ClF3N8O2. The minimum atomic E-state index is -4.70. The highest BCUT2D eigenvalue weighted by molar-refractivity contribution is 5.85. The summed E-state index contributed by atoms with van der Waals surface area (Å²) in [4.78, 5) is 23.6. The number of fused-ring (bicyclic) bond motifs is 1. The quantitative estimate of drug-likeness (QED) is 0.439. The SMILES string of the molecule is CN(C)C(=O)CN1CCC(CCOc2ncc(-c3cc4c(nnn4C)c(C#N)n3)cc2C(F)(F)F)CC1.Cl. The first-order chi connectivity index (χ1) is 17.6. The van der Waals surface area contributed by atoms with E-state index in [0.29, 0.717) is 24.4 Å². The number of ether oxygens (including phenoxy) is 1. The number of likely N-dealkylation sites (tertiary alicyclic amines) is 1. The standard InChI is InChI=1S/C24H27F3N8O2.ClH/c1-33(2)21(36)14-35-7-4-15(5-8-35)6-9-37-23-17(24(25,26)27)10-16(13-29-23)18-11-20-22(19(12-28)30-18)31-32-34(20)3;/h10-11,13,15H,4-9,14H2,1-3H3;1H. The molecule has 1 saturated heterocycles. The normalized spacial score (nSPS) is 14.7. The van der Waals surface area contributed by atoms with Crippen LogP contribution in [0.3, 0.4) is 0 Å². The van der Waals surface area contributed by atoms with Crippen molar-refractivity contribution >= 4 is 29.3 Å². The van der Waals surface area contributed by atoms with E-state index in [4.69, 9.17) is 4.74 Å². The first kappa shape index (κ1) is 29.1. The largest absolute Gasteiger partial charge is 0.477 e. The fourth-order valence-electron chi connectivity index (χ4n) is 4.25. The maximum atomic E-state index is 13.9. The van der Waals surface area contributed by atoms with Gasteiger partial charge in [-0.05, 0) is 50.4 Å². The van der Waals surface area contributed by atoms with Gasteiger partial charge < -0.3 is 9.64 Å². The van der Waals surface area contributed by atoms with Crippen molar-refractivity contribution in [1.29, 1.82) is 5.26 Å². The van der Waals surface area contributed by atoms with E-state index in [2.05, 4.69) is 25.2 Å². The Morgan fingerprint density at radius 2 is 1.97 bits per heavy atom. The zero-order valence-corrected chi connectivity index (χ0v) is 22.0. The van der Waals surface area contributed by atoms with Crippen LogP contribution in [-0.2, 0) is 18.0 Å². The van der Waals surface area contributed by atoms with Crippen LogP contribution in [0, 0.1) is 17.2 Å².